The van der Waals surface area contributed by atoms with Crippen molar-refractivity contribution < 1.29 is 9.53 Å². The zero-order valence-electron chi connectivity index (χ0n) is 15.8. The summed E-state index contributed by atoms with van der Waals surface area (Å²) < 4.78 is 8.39. The minimum atomic E-state index is -0.168. The molecule has 0 fully saturated rings. The number of ether oxygens (including phenoxy) is 1. The van der Waals surface area contributed by atoms with Crippen molar-refractivity contribution in [1.82, 2.24) is 19.2 Å². The fraction of sp³-hybridized carbons (Fsp3) is 0.143. The number of amides is 1. The summed E-state index contributed by atoms with van der Waals surface area (Å²) in [6, 6.07) is 14.6. The second-order valence-corrected chi connectivity index (χ2v) is 6.40. The van der Waals surface area contributed by atoms with Crippen LogP contribution in [0.1, 0.15) is 0 Å². The summed E-state index contributed by atoms with van der Waals surface area (Å²) in [5.74, 6) is 0. The lowest BCUT2D eigenvalue weighted by Crippen LogP contribution is -2.24. The van der Waals surface area contributed by atoms with E-state index < -0.39 is 0 Å². The topological polar surface area (TPSA) is 90.5 Å². The molecule has 0 saturated heterocycles. The van der Waals surface area contributed by atoms with Crippen molar-refractivity contribution in [2.75, 3.05) is 19.0 Å². The Morgan fingerprint density at radius 2 is 2.03 bits per heavy atom. The van der Waals surface area contributed by atoms with Gasteiger partial charge < -0.3 is 10.1 Å². The Balaban J connectivity index is 1.71. The smallest absolute Gasteiger partial charge is 0.266 e. The molecule has 0 atom stereocenters. The zero-order chi connectivity index (χ0) is 20.2. The van der Waals surface area contributed by atoms with E-state index in [9.17, 15) is 9.59 Å². The number of benzene rings is 1. The molecule has 8 nitrogen and oxygen atoms in total. The van der Waals surface area contributed by atoms with E-state index in [1.165, 1.54) is 10.7 Å². The molecule has 1 amide bonds. The first-order valence-corrected chi connectivity index (χ1v) is 9.05. The lowest BCUT2D eigenvalue weighted by atomic mass is 10.1. The van der Waals surface area contributed by atoms with Crippen LogP contribution in [0.5, 0.6) is 0 Å². The van der Waals surface area contributed by atoms with Crippen molar-refractivity contribution in [2.45, 2.75) is 6.54 Å². The van der Waals surface area contributed by atoms with Gasteiger partial charge in [0.1, 0.15) is 5.65 Å². The molecule has 1 aromatic carbocycles. The van der Waals surface area contributed by atoms with Gasteiger partial charge in [-0.25, -0.2) is 9.67 Å². The molecule has 0 aliphatic rings. The van der Waals surface area contributed by atoms with E-state index in [-0.39, 0.29) is 5.56 Å². The maximum Gasteiger partial charge on any atom is 0.266 e. The molecule has 0 radical (unpaired) electrons. The number of hydrogen-bond acceptors (Lipinski definition) is 5. The number of hydrogen-bond donors (Lipinski definition) is 1. The van der Waals surface area contributed by atoms with Gasteiger partial charge in [-0.05, 0) is 30.3 Å². The van der Waals surface area contributed by atoms with Crippen LogP contribution in [0.2, 0.25) is 0 Å². The molecule has 0 aliphatic carbocycles. The Hall–Kier alpha value is -3.78. The van der Waals surface area contributed by atoms with Gasteiger partial charge in [-0.3, -0.25) is 14.0 Å². The second-order valence-electron chi connectivity index (χ2n) is 6.40. The highest BCUT2D eigenvalue weighted by Gasteiger charge is 2.10. The summed E-state index contributed by atoms with van der Waals surface area (Å²) in [5, 5.41) is 7.09. The summed E-state index contributed by atoms with van der Waals surface area (Å²) in [4.78, 5) is 27.2. The van der Waals surface area contributed by atoms with Crippen molar-refractivity contribution in [3.05, 3.63) is 71.3 Å². The molecule has 0 saturated carbocycles. The number of methoxy groups -OCH3 is 1. The summed E-state index contributed by atoms with van der Waals surface area (Å²) >= 11 is 0. The lowest BCUT2D eigenvalue weighted by Gasteiger charge is -2.08. The van der Waals surface area contributed by atoms with Crippen LogP contribution in [-0.2, 0) is 16.1 Å². The van der Waals surface area contributed by atoms with Gasteiger partial charge in [0.25, 0.3) is 5.56 Å². The summed E-state index contributed by atoms with van der Waals surface area (Å²) in [7, 11) is 1.59. The SMILES string of the molecule is COCCn1nc(-c2ccn3c(-c4cccc(NC=O)c4)cnc3c2)ccc1=O. The van der Waals surface area contributed by atoms with Gasteiger partial charge in [0.05, 0.1) is 30.7 Å². The van der Waals surface area contributed by atoms with Crippen molar-refractivity contribution in [1.29, 1.82) is 0 Å². The average molecular weight is 389 g/mol. The van der Waals surface area contributed by atoms with Gasteiger partial charge in [0.2, 0.25) is 6.41 Å². The molecule has 0 bridgehead atoms. The van der Waals surface area contributed by atoms with Gasteiger partial charge in [0.15, 0.2) is 0 Å². The largest absolute Gasteiger partial charge is 0.383 e. The third-order valence-electron chi connectivity index (χ3n) is 4.57. The molecule has 146 valence electrons. The van der Waals surface area contributed by atoms with Crippen LogP contribution in [0.3, 0.4) is 0 Å². The fourth-order valence-electron chi connectivity index (χ4n) is 3.13. The molecular formula is C21H19N5O3. The van der Waals surface area contributed by atoms with Gasteiger partial charge in [-0.2, -0.15) is 5.10 Å². The summed E-state index contributed by atoms with van der Waals surface area (Å²) in [6.07, 6.45) is 4.35. The number of pyridine rings is 1. The van der Waals surface area contributed by atoms with E-state index in [4.69, 9.17) is 4.74 Å². The van der Waals surface area contributed by atoms with E-state index in [0.29, 0.717) is 30.9 Å². The molecule has 0 spiro atoms. The molecule has 4 rings (SSSR count). The number of carbonyl (C=O) groups is 1. The maximum absolute atomic E-state index is 12.0. The third-order valence-corrected chi connectivity index (χ3v) is 4.57. The van der Waals surface area contributed by atoms with Gasteiger partial charge in [0, 0.05) is 36.2 Å². The minimum Gasteiger partial charge on any atom is -0.383 e. The highest BCUT2D eigenvalue weighted by atomic mass is 16.5. The van der Waals surface area contributed by atoms with Crippen LogP contribution >= 0.6 is 0 Å². The van der Waals surface area contributed by atoms with E-state index in [1.54, 1.807) is 19.4 Å². The summed E-state index contributed by atoms with van der Waals surface area (Å²) in [5.41, 5.74) is 4.68. The molecule has 29 heavy (non-hydrogen) atoms. The number of nitrogens with zero attached hydrogens (tertiary/aromatic N) is 4. The van der Waals surface area contributed by atoms with E-state index >= 15 is 0 Å². The monoisotopic (exact) mass is 389 g/mol. The summed E-state index contributed by atoms with van der Waals surface area (Å²) in [6.45, 7) is 0.807. The fourth-order valence-corrected chi connectivity index (χ4v) is 3.13. The Bertz CT molecular complexity index is 1230. The van der Waals surface area contributed by atoms with E-state index in [1.807, 2.05) is 47.0 Å². The molecule has 1 N–H and O–H groups in total. The second kappa shape index (κ2) is 8.07. The molecule has 3 heterocycles. The number of fused-ring (bicyclic) bond motifs is 1. The predicted octanol–water partition coefficient (Wildman–Crippen LogP) is 2.44. The van der Waals surface area contributed by atoms with Crippen LogP contribution in [-0.4, -0.2) is 39.3 Å². The molecule has 4 aromatic rings. The Morgan fingerprint density at radius 1 is 1.14 bits per heavy atom. The molecule has 0 aliphatic heterocycles. The number of anilines is 1. The van der Waals surface area contributed by atoms with Crippen LogP contribution < -0.4 is 10.9 Å². The standard InChI is InChI=1S/C21H19N5O3/c1-29-10-9-26-21(28)6-5-18(24-26)15-7-8-25-19(13-22-20(25)12-15)16-3-2-4-17(11-16)23-14-27/h2-8,11-14H,9-10H2,1H3,(H,23,27). The first kappa shape index (κ1) is 18.6. The third kappa shape index (κ3) is 3.78. The highest BCUT2D eigenvalue weighted by Crippen LogP contribution is 2.25. The average Bonchev–Trinajstić information content (AvgIpc) is 3.17. The van der Waals surface area contributed by atoms with Crippen molar-refractivity contribution in [2.24, 2.45) is 0 Å². The number of aromatic nitrogens is 4. The van der Waals surface area contributed by atoms with Crippen molar-refractivity contribution in [3.8, 4) is 22.5 Å². The van der Waals surface area contributed by atoms with Crippen LogP contribution in [0.25, 0.3) is 28.2 Å². The van der Waals surface area contributed by atoms with Crippen LogP contribution in [0.15, 0.2) is 65.7 Å². The predicted molar refractivity (Wildman–Crippen MR) is 110 cm³/mol. The van der Waals surface area contributed by atoms with Gasteiger partial charge in [-0.1, -0.05) is 12.1 Å². The van der Waals surface area contributed by atoms with Crippen LogP contribution in [0.4, 0.5) is 5.69 Å². The molecule has 0 unspecified atom stereocenters. The molecule has 8 heteroatoms. The Morgan fingerprint density at radius 3 is 2.86 bits per heavy atom. The number of carbonyl (C=O) groups excluding carboxylic acids is 1. The lowest BCUT2D eigenvalue weighted by molar-refractivity contribution is -0.105. The number of imidazole rings is 1. The number of nitrogens with one attached hydrogen (secondary N) is 1. The van der Waals surface area contributed by atoms with E-state index in [2.05, 4.69) is 15.4 Å². The van der Waals surface area contributed by atoms with E-state index in [0.717, 1.165) is 22.5 Å². The first-order chi connectivity index (χ1) is 14.2. The number of rotatable bonds is 7. The first-order valence-electron chi connectivity index (χ1n) is 9.05. The minimum absolute atomic E-state index is 0.168. The Kier molecular flexibility index (Phi) is 5.17. The molecule has 3 aromatic heterocycles. The van der Waals surface area contributed by atoms with Gasteiger partial charge >= 0.3 is 0 Å². The quantitative estimate of drug-likeness (QED) is 0.490. The molecular weight excluding hydrogens is 370 g/mol. The van der Waals surface area contributed by atoms with Crippen molar-refractivity contribution >= 4 is 17.7 Å². The van der Waals surface area contributed by atoms with Crippen molar-refractivity contribution in [3.63, 3.8) is 0 Å². The zero-order valence-corrected chi connectivity index (χ0v) is 15.8. The van der Waals surface area contributed by atoms with Crippen LogP contribution in [0, 0.1) is 0 Å². The normalized spacial score (nSPS) is 10.9. The highest BCUT2D eigenvalue weighted by molar-refractivity contribution is 5.76. The maximum atomic E-state index is 12.0. The Labute approximate surface area is 166 Å². The van der Waals surface area contributed by atoms with Gasteiger partial charge in [-0.15, -0.1) is 0 Å².